The number of aromatic carboxylic acids is 1. The van der Waals surface area contributed by atoms with Gasteiger partial charge in [-0.15, -0.1) is 11.3 Å². The number of anilines is 1. The molecule has 1 amide bonds. The van der Waals surface area contributed by atoms with Gasteiger partial charge in [-0.05, 0) is 19.1 Å². The van der Waals surface area contributed by atoms with Gasteiger partial charge in [0.05, 0.1) is 6.54 Å². The SMILES string of the molecule is Cc1cc(C(N)=O)cc(NCc2nc(C(=O)O)cs2)n1. The number of nitrogens with two attached hydrogens (primary N) is 1. The number of amides is 1. The number of primary amides is 1. The summed E-state index contributed by atoms with van der Waals surface area (Å²) in [5.41, 5.74) is 6.27. The molecule has 8 heteroatoms. The molecule has 2 aromatic heterocycles. The number of carbonyl (C=O) groups is 2. The van der Waals surface area contributed by atoms with Gasteiger partial charge in [-0.25, -0.2) is 14.8 Å². The maximum atomic E-state index is 11.1. The standard InChI is InChI=1S/C12H12N4O3S/c1-6-2-7(11(13)17)3-9(15-6)14-4-10-16-8(5-20-10)12(18)19/h2-3,5H,4H2,1H3,(H2,13,17)(H,14,15)(H,18,19). The molecule has 0 aliphatic carbocycles. The molecule has 0 radical (unpaired) electrons. The lowest BCUT2D eigenvalue weighted by atomic mass is 10.2. The minimum absolute atomic E-state index is 0.0156. The zero-order chi connectivity index (χ0) is 14.7. The molecule has 0 saturated carbocycles. The molecule has 2 heterocycles. The van der Waals surface area contributed by atoms with E-state index in [1.807, 2.05) is 0 Å². The van der Waals surface area contributed by atoms with Gasteiger partial charge in [-0.2, -0.15) is 0 Å². The predicted octanol–water partition coefficient (Wildman–Crippen LogP) is 1.26. The Hall–Kier alpha value is -2.48. The van der Waals surface area contributed by atoms with E-state index in [0.29, 0.717) is 28.6 Å². The third kappa shape index (κ3) is 3.29. The molecule has 0 aliphatic rings. The normalized spacial score (nSPS) is 10.2. The van der Waals surface area contributed by atoms with Crippen molar-refractivity contribution in [3.8, 4) is 0 Å². The van der Waals surface area contributed by atoms with E-state index in [1.54, 1.807) is 19.1 Å². The summed E-state index contributed by atoms with van der Waals surface area (Å²) in [7, 11) is 0. The maximum Gasteiger partial charge on any atom is 0.355 e. The first-order valence-corrected chi connectivity index (χ1v) is 6.53. The number of carbonyl (C=O) groups excluding carboxylic acids is 1. The van der Waals surface area contributed by atoms with Crippen molar-refractivity contribution in [3.63, 3.8) is 0 Å². The smallest absolute Gasteiger partial charge is 0.355 e. The van der Waals surface area contributed by atoms with Gasteiger partial charge in [0, 0.05) is 16.6 Å². The van der Waals surface area contributed by atoms with Gasteiger partial charge in [0.1, 0.15) is 10.8 Å². The van der Waals surface area contributed by atoms with Crippen LogP contribution in [0, 0.1) is 6.92 Å². The number of carboxylic acids is 1. The van der Waals surface area contributed by atoms with Crippen LogP contribution in [-0.2, 0) is 6.54 Å². The second-order valence-corrected chi connectivity index (χ2v) is 4.97. The topological polar surface area (TPSA) is 118 Å². The lowest BCUT2D eigenvalue weighted by Gasteiger charge is -2.06. The minimum Gasteiger partial charge on any atom is -0.476 e. The largest absolute Gasteiger partial charge is 0.476 e. The van der Waals surface area contributed by atoms with E-state index in [9.17, 15) is 9.59 Å². The Bertz CT molecular complexity index is 668. The molecular formula is C12H12N4O3S. The van der Waals surface area contributed by atoms with Gasteiger partial charge in [0.25, 0.3) is 0 Å². The predicted molar refractivity (Wildman–Crippen MR) is 73.9 cm³/mol. The van der Waals surface area contributed by atoms with Gasteiger partial charge in [-0.3, -0.25) is 4.79 Å². The Morgan fingerprint density at radius 3 is 2.75 bits per heavy atom. The Labute approximate surface area is 118 Å². The van der Waals surface area contributed by atoms with Crippen molar-refractivity contribution < 1.29 is 14.7 Å². The summed E-state index contributed by atoms with van der Waals surface area (Å²) in [6.07, 6.45) is 0. The quantitative estimate of drug-likeness (QED) is 0.763. The molecule has 20 heavy (non-hydrogen) atoms. The van der Waals surface area contributed by atoms with E-state index >= 15 is 0 Å². The first-order valence-electron chi connectivity index (χ1n) is 5.66. The Balaban J connectivity index is 2.10. The number of carboxylic acid groups (broad SMARTS) is 1. The first kappa shape index (κ1) is 13.9. The fraction of sp³-hybridized carbons (Fsp3) is 0.167. The van der Waals surface area contributed by atoms with Gasteiger partial charge in [0.2, 0.25) is 5.91 Å². The van der Waals surface area contributed by atoms with Crippen LogP contribution in [0.3, 0.4) is 0 Å². The van der Waals surface area contributed by atoms with Crippen LogP contribution in [0.5, 0.6) is 0 Å². The lowest BCUT2D eigenvalue weighted by molar-refractivity contribution is 0.0691. The summed E-state index contributed by atoms with van der Waals surface area (Å²) in [5, 5.41) is 13.8. The van der Waals surface area contributed by atoms with Crippen molar-refractivity contribution in [1.82, 2.24) is 9.97 Å². The molecule has 7 nitrogen and oxygen atoms in total. The fourth-order valence-electron chi connectivity index (χ4n) is 1.56. The molecule has 0 atom stereocenters. The number of aromatic nitrogens is 2. The van der Waals surface area contributed by atoms with E-state index in [-0.39, 0.29) is 5.69 Å². The maximum absolute atomic E-state index is 11.1. The van der Waals surface area contributed by atoms with Crippen LogP contribution >= 0.6 is 11.3 Å². The van der Waals surface area contributed by atoms with E-state index in [2.05, 4.69) is 15.3 Å². The number of pyridine rings is 1. The zero-order valence-electron chi connectivity index (χ0n) is 10.6. The molecule has 0 aliphatic heterocycles. The van der Waals surface area contributed by atoms with Gasteiger partial charge >= 0.3 is 5.97 Å². The van der Waals surface area contributed by atoms with Crippen LogP contribution in [0.4, 0.5) is 5.82 Å². The summed E-state index contributed by atoms with van der Waals surface area (Å²) in [4.78, 5) is 30.0. The summed E-state index contributed by atoms with van der Waals surface area (Å²) < 4.78 is 0. The molecule has 2 rings (SSSR count). The summed E-state index contributed by atoms with van der Waals surface area (Å²) in [6, 6.07) is 3.14. The summed E-state index contributed by atoms with van der Waals surface area (Å²) >= 11 is 1.24. The average Bonchev–Trinajstić information content (AvgIpc) is 2.84. The molecule has 0 spiro atoms. The third-order valence-corrected chi connectivity index (χ3v) is 3.28. The molecule has 0 saturated heterocycles. The molecule has 0 aromatic carbocycles. The van der Waals surface area contributed by atoms with Crippen molar-refractivity contribution in [3.05, 3.63) is 39.5 Å². The third-order valence-electron chi connectivity index (χ3n) is 2.43. The van der Waals surface area contributed by atoms with E-state index in [4.69, 9.17) is 10.8 Å². The molecule has 2 aromatic rings. The van der Waals surface area contributed by atoms with Gasteiger partial charge < -0.3 is 16.2 Å². The average molecular weight is 292 g/mol. The van der Waals surface area contributed by atoms with Crippen molar-refractivity contribution >= 4 is 29.0 Å². The second-order valence-electron chi connectivity index (χ2n) is 4.03. The minimum atomic E-state index is -1.06. The molecule has 0 unspecified atom stereocenters. The van der Waals surface area contributed by atoms with Crippen LogP contribution in [0.1, 0.15) is 31.5 Å². The second kappa shape index (κ2) is 5.66. The summed E-state index contributed by atoms with van der Waals surface area (Å²) in [5.74, 6) is -1.09. The molecule has 4 N–H and O–H groups in total. The molecular weight excluding hydrogens is 280 g/mol. The highest BCUT2D eigenvalue weighted by atomic mass is 32.1. The summed E-state index contributed by atoms with van der Waals surface area (Å²) in [6.45, 7) is 2.08. The highest BCUT2D eigenvalue weighted by molar-refractivity contribution is 7.09. The Morgan fingerprint density at radius 1 is 1.40 bits per heavy atom. The van der Waals surface area contributed by atoms with Crippen LogP contribution in [0.2, 0.25) is 0 Å². The Kier molecular flexibility index (Phi) is 3.94. The number of aryl methyl sites for hydroxylation is 1. The molecule has 0 fully saturated rings. The van der Waals surface area contributed by atoms with Crippen molar-refractivity contribution in [2.45, 2.75) is 13.5 Å². The lowest BCUT2D eigenvalue weighted by Crippen LogP contribution is -2.12. The monoisotopic (exact) mass is 292 g/mol. The van der Waals surface area contributed by atoms with Gasteiger partial charge in [-0.1, -0.05) is 0 Å². The number of nitrogens with zero attached hydrogens (tertiary/aromatic N) is 2. The highest BCUT2D eigenvalue weighted by Gasteiger charge is 2.09. The van der Waals surface area contributed by atoms with Crippen molar-refractivity contribution in [2.24, 2.45) is 5.73 Å². The molecule has 104 valence electrons. The van der Waals surface area contributed by atoms with Crippen LogP contribution in [0.25, 0.3) is 0 Å². The van der Waals surface area contributed by atoms with E-state index in [0.717, 1.165) is 0 Å². The number of nitrogens with one attached hydrogen (secondary N) is 1. The highest BCUT2D eigenvalue weighted by Crippen LogP contribution is 2.14. The molecule has 0 bridgehead atoms. The van der Waals surface area contributed by atoms with E-state index in [1.165, 1.54) is 16.7 Å². The Morgan fingerprint density at radius 2 is 2.15 bits per heavy atom. The number of hydrogen-bond acceptors (Lipinski definition) is 6. The van der Waals surface area contributed by atoms with Crippen LogP contribution in [0.15, 0.2) is 17.5 Å². The number of rotatable bonds is 5. The zero-order valence-corrected chi connectivity index (χ0v) is 11.4. The number of thiazole rings is 1. The van der Waals surface area contributed by atoms with Crippen molar-refractivity contribution in [1.29, 1.82) is 0 Å². The van der Waals surface area contributed by atoms with Crippen LogP contribution < -0.4 is 11.1 Å². The first-order chi connectivity index (χ1) is 9.45. The van der Waals surface area contributed by atoms with Gasteiger partial charge in [0.15, 0.2) is 5.69 Å². The van der Waals surface area contributed by atoms with Crippen molar-refractivity contribution in [2.75, 3.05) is 5.32 Å². The fourth-order valence-corrected chi connectivity index (χ4v) is 2.27. The van der Waals surface area contributed by atoms with Crippen LogP contribution in [-0.4, -0.2) is 27.0 Å². The number of hydrogen-bond donors (Lipinski definition) is 3. The van der Waals surface area contributed by atoms with E-state index < -0.39 is 11.9 Å².